The Bertz CT molecular complexity index is 384. The van der Waals surface area contributed by atoms with Crippen LogP contribution in [0.2, 0.25) is 0 Å². The van der Waals surface area contributed by atoms with E-state index in [0.717, 1.165) is 0 Å². The van der Waals surface area contributed by atoms with Gasteiger partial charge in [-0.05, 0) is 41.6 Å². The highest BCUT2D eigenvalue weighted by Gasteiger charge is 2.12. The molecule has 4 heteroatoms. The van der Waals surface area contributed by atoms with Gasteiger partial charge in [0, 0.05) is 3.57 Å². The molecular weight excluding hydrogens is 281 g/mol. The lowest BCUT2D eigenvalue weighted by molar-refractivity contribution is 0.101. The topological polar surface area (TPSA) is 61.1 Å². The van der Waals surface area contributed by atoms with Crippen molar-refractivity contribution in [2.24, 2.45) is 0 Å². The van der Waals surface area contributed by atoms with E-state index in [1.54, 1.807) is 6.07 Å². The average molecular weight is 287 g/mol. The SMILES string of the molecule is CC(=O)c1c(O)cc(C#N)cc1I. The Balaban J connectivity index is 3.42. The van der Waals surface area contributed by atoms with Gasteiger partial charge in [-0.2, -0.15) is 5.26 Å². The molecule has 1 aromatic rings. The van der Waals surface area contributed by atoms with Crippen molar-refractivity contribution in [3.8, 4) is 11.8 Å². The molecule has 0 amide bonds. The molecule has 1 aromatic carbocycles. The van der Waals surface area contributed by atoms with Crippen molar-refractivity contribution < 1.29 is 9.90 Å². The van der Waals surface area contributed by atoms with Crippen molar-refractivity contribution in [3.63, 3.8) is 0 Å². The average Bonchev–Trinajstić information content (AvgIpc) is 2.02. The predicted octanol–water partition coefficient (Wildman–Crippen LogP) is 2.07. The first kappa shape index (κ1) is 9.99. The smallest absolute Gasteiger partial charge is 0.164 e. The highest BCUT2D eigenvalue weighted by atomic mass is 127. The number of hydrogen-bond donors (Lipinski definition) is 1. The van der Waals surface area contributed by atoms with Crippen LogP contribution in [0.1, 0.15) is 22.8 Å². The Labute approximate surface area is 89.1 Å². The van der Waals surface area contributed by atoms with Gasteiger partial charge in [-0.1, -0.05) is 0 Å². The second-order valence-corrected chi connectivity index (χ2v) is 3.68. The van der Waals surface area contributed by atoms with Crippen LogP contribution in [0.3, 0.4) is 0 Å². The Morgan fingerprint density at radius 2 is 2.23 bits per heavy atom. The summed E-state index contributed by atoms with van der Waals surface area (Å²) in [6, 6.07) is 4.76. The summed E-state index contributed by atoms with van der Waals surface area (Å²) in [5, 5.41) is 18.0. The van der Waals surface area contributed by atoms with Gasteiger partial charge in [0.15, 0.2) is 5.78 Å². The molecule has 13 heavy (non-hydrogen) atoms. The fourth-order valence-corrected chi connectivity index (χ4v) is 2.00. The van der Waals surface area contributed by atoms with Gasteiger partial charge in [-0.25, -0.2) is 0 Å². The second kappa shape index (κ2) is 3.75. The zero-order valence-corrected chi connectivity index (χ0v) is 8.99. The van der Waals surface area contributed by atoms with Gasteiger partial charge in [0.25, 0.3) is 0 Å². The molecular formula is C9H6INO2. The highest BCUT2D eigenvalue weighted by Crippen LogP contribution is 2.25. The Hall–Kier alpha value is -1.09. The van der Waals surface area contributed by atoms with Crippen LogP contribution in [-0.4, -0.2) is 10.9 Å². The summed E-state index contributed by atoms with van der Waals surface area (Å²) in [7, 11) is 0. The Kier molecular flexibility index (Phi) is 2.88. The Morgan fingerprint density at radius 1 is 1.62 bits per heavy atom. The van der Waals surface area contributed by atoms with Crippen LogP contribution in [0.5, 0.6) is 5.75 Å². The van der Waals surface area contributed by atoms with Gasteiger partial charge in [-0.15, -0.1) is 0 Å². The number of Topliss-reactive ketones (excluding diaryl/α,β-unsaturated/α-hetero) is 1. The summed E-state index contributed by atoms with van der Waals surface area (Å²) < 4.78 is 0.599. The molecule has 0 saturated heterocycles. The van der Waals surface area contributed by atoms with Crippen molar-refractivity contribution in [2.45, 2.75) is 6.92 Å². The van der Waals surface area contributed by atoms with Gasteiger partial charge in [0.2, 0.25) is 0 Å². The Morgan fingerprint density at radius 3 is 2.62 bits per heavy atom. The largest absolute Gasteiger partial charge is 0.507 e. The first-order valence-electron chi connectivity index (χ1n) is 3.50. The summed E-state index contributed by atoms with van der Waals surface area (Å²) in [5.41, 5.74) is 0.631. The van der Waals surface area contributed by atoms with Crippen molar-refractivity contribution in [2.75, 3.05) is 0 Å². The molecule has 0 heterocycles. The zero-order valence-electron chi connectivity index (χ0n) is 6.84. The lowest BCUT2D eigenvalue weighted by atomic mass is 10.1. The molecule has 0 spiro atoms. The van der Waals surface area contributed by atoms with Gasteiger partial charge in [0.1, 0.15) is 5.75 Å². The second-order valence-electron chi connectivity index (χ2n) is 2.52. The van der Waals surface area contributed by atoms with E-state index in [1.807, 2.05) is 28.7 Å². The number of benzene rings is 1. The van der Waals surface area contributed by atoms with Crippen LogP contribution in [0.4, 0.5) is 0 Å². The minimum atomic E-state index is -0.202. The van der Waals surface area contributed by atoms with Crippen LogP contribution in [0, 0.1) is 14.9 Å². The lowest BCUT2D eigenvalue weighted by Crippen LogP contribution is -1.97. The number of carbonyl (C=O) groups excluding carboxylic acids is 1. The number of carbonyl (C=O) groups is 1. The number of rotatable bonds is 1. The van der Waals surface area contributed by atoms with Crippen molar-refractivity contribution in [1.82, 2.24) is 0 Å². The van der Waals surface area contributed by atoms with Gasteiger partial charge in [0.05, 0.1) is 17.2 Å². The van der Waals surface area contributed by atoms with E-state index in [-0.39, 0.29) is 17.1 Å². The number of aromatic hydroxyl groups is 1. The van der Waals surface area contributed by atoms with Crippen LogP contribution in [0.25, 0.3) is 0 Å². The maximum Gasteiger partial charge on any atom is 0.164 e. The van der Waals surface area contributed by atoms with E-state index < -0.39 is 0 Å². The standard InChI is InChI=1S/C9H6INO2/c1-5(12)9-7(10)2-6(4-11)3-8(9)13/h2-3,13H,1H3. The molecule has 0 radical (unpaired) electrons. The number of ketones is 1. The molecule has 0 unspecified atom stereocenters. The first-order valence-corrected chi connectivity index (χ1v) is 4.57. The fraction of sp³-hybridized carbons (Fsp3) is 0.111. The number of nitrogens with zero attached hydrogens (tertiary/aromatic N) is 1. The lowest BCUT2D eigenvalue weighted by Gasteiger charge is -2.03. The van der Waals surface area contributed by atoms with Crippen LogP contribution < -0.4 is 0 Å². The quantitative estimate of drug-likeness (QED) is 0.635. The number of halogens is 1. The zero-order chi connectivity index (χ0) is 10.0. The summed E-state index contributed by atoms with van der Waals surface area (Å²) in [6.45, 7) is 1.38. The number of hydrogen-bond acceptors (Lipinski definition) is 3. The predicted molar refractivity (Wildman–Crippen MR) is 55.5 cm³/mol. The van der Waals surface area contributed by atoms with E-state index in [0.29, 0.717) is 9.13 Å². The van der Waals surface area contributed by atoms with Crippen molar-refractivity contribution in [1.29, 1.82) is 5.26 Å². The van der Waals surface area contributed by atoms with E-state index in [4.69, 9.17) is 5.26 Å². The molecule has 0 aliphatic rings. The van der Waals surface area contributed by atoms with Crippen LogP contribution >= 0.6 is 22.6 Å². The van der Waals surface area contributed by atoms with Gasteiger partial charge >= 0.3 is 0 Å². The normalized spacial score (nSPS) is 9.31. The van der Waals surface area contributed by atoms with E-state index >= 15 is 0 Å². The maximum atomic E-state index is 11.0. The third-order valence-corrected chi connectivity index (χ3v) is 2.40. The molecule has 0 aliphatic carbocycles. The molecule has 3 nitrogen and oxygen atoms in total. The summed E-state index contributed by atoms with van der Waals surface area (Å²) in [6.07, 6.45) is 0. The monoisotopic (exact) mass is 287 g/mol. The third kappa shape index (κ3) is 1.98. The third-order valence-electron chi connectivity index (χ3n) is 1.55. The number of phenols is 1. The molecule has 0 aliphatic heterocycles. The number of nitriles is 1. The molecule has 1 N–H and O–H groups in total. The summed E-state index contributed by atoms with van der Waals surface area (Å²) >= 11 is 1.92. The van der Waals surface area contributed by atoms with E-state index in [9.17, 15) is 9.90 Å². The van der Waals surface area contributed by atoms with Crippen molar-refractivity contribution >= 4 is 28.4 Å². The summed E-state index contributed by atoms with van der Waals surface area (Å²) in [4.78, 5) is 11.0. The minimum absolute atomic E-state index is 0.129. The molecule has 66 valence electrons. The van der Waals surface area contributed by atoms with E-state index in [1.165, 1.54) is 13.0 Å². The van der Waals surface area contributed by atoms with Gasteiger partial charge in [-0.3, -0.25) is 4.79 Å². The fourth-order valence-electron chi connectivity index (χ4n) is 1.01. The van der Waals surface area contributed by atoms with Crippen LogP contribution in [-0.2, 0) is 0 Å². The molecule has 0 bridgehead atoms. The first-order chi connectivity index (χ1) is 6.06. The van der Waals surface area contributed by atoms with Crippen LogP contribution in [0.15, 0.2) is 12.1 Å². The minimum Gasteiger partial charge on any atom is -0.507 e. The molecule has 0 saturated carbocycles. The number of phenolic OH excluding ortho intramolecular Hbond substituents is 1. The highest BCUT2D eigenvalue weighted by molar-refractivity contribution is 14.1. The molecule has 0 atom stereocenters. The molecule has 0 fully saturated rings. The maximum absolute atomic E-state index is 11.0. The van der Waals surface area contributed by atoms with E-state index in [2.05, 4.69) is 0 Å². The summed E-state index contributed by atoms with van der Waals surface area (Å²) in [5.74, 6) is -0.331. The molecule has 1 rings (SSSR count). The van der Waals surface area contributed by atoms with Gasteiger partial charge < -0.3 is 5.11 Å². The van der Waals surface area contributed by atoms with Crippen molar-refractivity contribution in [3.05, 3.63) is 26.8 Å². The molecule has 0 aromatic heterocycles.